The first kappa shape index (κ1) is 9.90. The molecule has 0 fully saturated rings. The molecule has 2 rings (SSSR count). The van der Waals surface area contributed by atoms with Gasteiger partial charge in [0.2, 0.25) is 0 Å². The van der Waals surface area contributed by atoms with E-state index in [1.165, 1.54) is 5.56 Å². The largest absolute Gasteiger partial charge is 0.325 e. The lowest BCUT2D eigenvalue weighted by Gasteiger charge is -2.01. The molecule has 15 heavy (non-hydrogen) atoms. The number of aryl methyl sites for hydroxylation is 2. The molecule has 0 aliphatic rings. The van der Waals surface area contributed by atoms with E-state index in [0.29, 0.717) is 6.54 Å². The first-order valence-corrected chi connectivity index (χ1v) is 5.00. The molecule has 0 spiro atoms. The summed E-state index contributed by atoms with van der Waals surface area (Å²) in [5.74, 6) is 0.148. The number of hydrogen-bond donors (Lipinski definition) is 0. The average molecular weight is 202 g/mol. The monoisotopic (exact) mass is 202 g/mol. The highest BCUT2D eigenvalue weighted by atomic mass is 16.1. The Bertz CT molecular complexity index is 526. The predicted octanol–water partition coefficient (Wildman–Crippen LogP) is 2.24. The molecule has 0 aliphatic heterocycles. The van der Waals surface area contributed by atoms with Crippen LogP contribution in [0.3, 0.4) is 0 Å². The molecule has 0 unspecified atom stereocenters. The Labute approximate surface area is 88.7 Å². The van der Waals surface area contributed by atoms with E-state index in [4.69, 9.17) is 0 Å². The van der Waals surface area contributed by atoms with Crippen LogP contribution in [0.2, 0.25) is 0 Å². The van der Waals surface area contributed by atoms with E-state index < -0.39 is 0 Å². The van der Waals surface area contributed by atoms with Crippen LogP contribution in [0.5, 0.6) is 0 Å². The van der Waals surface area contributed by atoms with Crippen molar-refractivity contribution >= 4 is 16.8 Å². The van der Waals surface area contributed by atoms with Crippen LogP contribution in [0.4, 0.5) is 0 Å². The first-order valence-electron chi connectivity index (χ1n) is 5.00. The summed E-state index contributed by atoms with van der Waals surface area (Å²) in [6.45, 7) is 5.99. The third kappa shape index (κ3) is 1.77. The number of carbonyl (C=O) groups is 1. The topological polar surface area (TPSA) is 34.9 Å². The zero-order valence-electron chi connectivity index (χ0n) is 9.24. The minimum Gasteiger partial charge on any atom is -0.325 e. The molecule has 0 atom stereocenters. The second-order valence-electron chi connectivity index (χ2n) is 3.97. The lowest BCUT2D eigenvalue weighted by molar-refractivity contribution is -0.117. The Hall–Kier alpha value is -1.64. The van der Waals surface area contributed by atoms with Crippen molar-refractivity contribution in [1.82, 2.24) is 9.55 Å². The summed E-state index contributed by atoms with van der Waals surface area (Å²) in [7, 11) is 0. The van der Waals surface area contributed by atoms with Crippen LogP contribution in [-0.2, 0) is 11.3 Å². The summed E-state index contributed by atoms with van der Waals surface area (Å²) in [5, 5.41) is 1.13. The number of pyridine rings is 1. The predicted molar refractivity (Wildman–Crippen MR) is 59.9 cm³/mol. The number of nitrogens with zero attached hydrogens (tertiary/aromatic N) is 2. The van der Waals surface area contributed by atoms with Crippen molar-refractivity contribution < 1.29 is 4.79 Å². The van der Waals surface area contributed by atoms with Gasteiger partial charge in [0, 0.05) is 17.3 Å². The number of hydrogen-bond acceptors (Lipinski definition) is 2. The highest BCUT2D eigenvalue weighted by Gasteiger charge is 2.07. The van der Waals surface area contributed by atoms with Gasteiger partial charge in [0.05, 0.1) is 6.54 Å². The lowest BCUT2D eigenvalue weighted by atomic mass is 10.2. The average Bonchev–Trinajstić information content (AvgIpc) is 2.42. The van der Waals surface area contributed by atoms with Crippen molar-refractivity contribution in [3.8, 4) is 0 Å². The van der Waals surface area contributed by atoms with Crippen LogP contribution in [-0.4, -0.2) is 15.3 Å². The molecule has 3 nitrogen and oxygen atoms in total. The molecule has 0 aliphatic carbocycles. The Kier molecular flexibility index (Phi) is 2.31. The third-order valence-corrected chi connectivity index (χ3v) is 2.45. The Balaban J connectivity index is 2.64. The normalized spacial score (nSPS) is 10.9. The maximum atomic E-state index is 11.1. The van der Waals surface area contributed by atoms with Crippen LogP contribution >= 0.6 is 0 Å². The fraction of sp³-hybridized carbons (Fsp3) is 0.333. The smallest absolute Gasteiger partial charge is 0.149 e. The molecule has 2 heterocycles. The van der Waals surface area contributed by atoms with E-state index in [1.54, 1.807) is 6.92 Å². The Morgan fingerprint density at radius 2 is 2.13 bits per heavy atom. The van der Waals surface area contributed by atoms with Crippen molar-refractivity contribution in [2.24, 2.45) is 0 Å². The van der Waals surface area contributed by atoms with Crippen molar-refractivity contribution in [3.63, 3.8) is 0 Å². The number of rotatable bonds is 2. The number of carbonyl (C=O) groups excluding carboxylic acids is 1. The van der Waals surface area contributed by atoms with Gasteiger partial charge in [-0.05, 0) is 38.5 Å². The van der Waals surface area contributed by atoms with Gasteiger partial charge in [-0.1, -0.05) is 0 Å². The van der Waals surface area contributed by atoms with E-state index >= 15 is 0 Å². The van der Waals surface area contributed by atoms with Gasteiger partial charge < -0.3 is 4.57 Å². The fourth-order valence-electron chi connectivity index (χ4n) is 1.79. The van der Waals surface area contributed by atoms with Gasteiger partial charge in [0.1, 0.15) is 11.4 Å². The SMILES string of the molecule is CC(=O)Cn1cc(C)c2ccc(C)nc21. The molecule has 2 aromatic heterocycles. The molecule has 0 bridgehead atoms. The van der Waals surface area contributed by atoms with Gasteiger partial charge in [0.25, 0.3) is 0 Å². The van der Waals surface area contributed by atoms with Crippen LogP contribution < -0.4 is 0 Å². The summed E-state index contributed by atoms with van der Waals surface area (Å²) in [4.78, 5) is 15.6. The molecule has 0 N–H and O–H groups in total. The van der Waals surface area contributed by atoms with Crippen molar-refractivity contribution in [2.75, 3.05) is 0 Å². The van der Waals surface area contributed by atoms with Gasteiger partial charge in [-0.15, -0.1) is 0 Å². The van der Waals surface area contributed by atoms with Crippen LogP contribution in [0.1, 0.15) is 18.2 Å². The highest BCUT2D eigenvalue weighted by Crippen LogP contribution is 2.19. The van der Waals surface area contributed by atoms with Crippen molar-refractivity contribution in [2.45, 2.75) is 27.3 Å². The van der Waals surface area contributed by atoms with Gasteiger partial charge in [-0.3, -0.25) is 4.79 Å². The number of aromatic nitrogens is 2. The van der Waals surface area contributed by atoms with Crippen LogP contribution in [0, 0.1) is 13.8 Å². The second kappa shape index (κ2) is 3.50. The molecule has 0 aromatic carbocycles. The summed E-state index contributed by atoms with van der Waals surface area (Å²) in [5.41, 5.74) is 3.05. The highest BCUT2D eigenvalue weighted by molar-refractivity contribution is 5.83. The molecular weight excluding hydrogens is 188 g/mol. The molecule has 0 saturated carbocycles. The van der Waals surface area contributed by atoms with Gasteiger partial charge >= 0.3 is 0 Å². The minimum atomic E-state index is 0.148. The van der Waals surface area contributed by atoms with E-state index in [2.05, 4.69) is 11.1 Å². The molecular formula is C12H14N2O. The molecule has 0 saturated heterocycles. The Morgan fingerprint density at radius 3 is 2.80 bits per heavy atom. The zero-order chi connectivity index (χ0) is 11.0. The summed E-state index contributed by atoms with van der Waals surface area (Å²) in [6, 6.07) is 4.05. The standard InChI is InChI=1S/C12H14N2O/c1-8-6-14(7-10(3)15)12-11(8)5-4-9(2)13-12/h4-6H,7H2,1-3H3. The first-order chi connectivity index (χ1) is 7.08. The van der Waals surface area contributed by atoms with Crippen molar-refractivity contribution in [1.29, 1.82) is 0 Å². The van der Waals surface area contributed by atoms with Gasteiger partial charge in [0.15, 0.2) is 0 Å². The van der Waals surface area contributed by atoms with E-state index in [1.807, 2.05) is 30.7 Å². The number of fused-ring (bicyclic) bond motifs is 1. The second-order valence-corrected chi connectivity index (χ2v) is 3.97. The number of ketones is 1. The van der Waals surface area contributed by atoms with E-state index in [-0.39, 0.29) is 5.78 Å². The Morgan fingerprint density at radius 1 is 1.40 bits per heavy atom. The zero-order valence-corrected chi connectivity index (χ0v) is 9.24. The maximum absolute atomic E-state index is 11.1. The molecule has 2 aromatic rings. The summed E-state index contributed by atoms with van der Waals surface area (Å²) < 4.78 is 1.92. The molecule has 0 radical (unpaired) electrons. The van der Waals surface area contributed by atoms with Crippen molar-refractivity contribution in [3.05, 3.63) is 29.6 Å². The fourth-order valence-corrected chi connectivity index (χ4v) is 1.79. The van der Waals surface area contributed by atoms with E-state index in [0.717, 1.165) is 16.7 Å². The van der Waals surface area contributed by atoms with Crippen LogP contribution in [0.25, 0.3) is 11.0 Å². The lowest BCUT2D eigenvalue weighted by Crippen LogP contribution is -2.05. The van der Waals surface area contributed by atoms with Gasteiger partial charge in [-0.25, -0.2) is 4.98 Å². The molecule has 78 valence electrons. The minimum absolute atomic E-state index is 0.148. The van der Waals surface area contributed by atoms with E-state index in [9.17, 15) is 4.79 Å². The quantitative estimate of drug-likeness (QED) is 0.748. The summed E-state index contributed by atoms with van der Waals surface area (Å²) >= 11 is 0. The molecule has 0 amide bonds. The maximum Gasteiger partial charge on any atom is 0.149 e. The third-order valence-electron chi connectivity index (χ3n) is 2.45. The van der Waals surface area contributed by atoms with Crippen LogP contribution in [0.15, 0.2) is 18.3 Å². The number of Topliss-reactive ketones (excluding diaryl/α,β-unsaturated/α-hetero) is 1. The van der Waals surface area contributed by atoms with Gasteiger partial charge in [-0.2, -0.15) is 0 Å². The molecule has 3 heteroatoms. The summed E-state index contributed by atoms with van der Waals surface area (Å²) in [6.07, 6.45) is 1.98.